The van der Waals surface area contributed by atoms with Crippen molar-refractivity contribution in [3.63, 3.8) is 0 Å². The Hall–Kier alpha value is -3.91. The minimum Gasteiger partial charge on any atom is -0.497 e. The summed E-state index contributed by atoms with van der Waals surface area (Å²) in [5.41, 5.74) is 1.27. The third kappa shape index (κ3) is 5.58. The number of pyridine rings is 1. The Bertz CT molecular complexity index is 1140. The van der Waals surface area contributed by atoms with Crippen molar-refractivity contribution >= 4 is 23.2 Å². The van der Waals surface area contributed by atoms with Gasteiger partial charge in [-0.15, -0.1) is 0 Å². The summed E-state index contributed by atoms with van der Waals surface area (Å²) in [5.74, 6) is -0.204. The van der Waals surface area contributed by atoms with Crippen LogP contribution in [-0.4, -0.2) is 37.2 Å². The van der Waals surface area contributed by atoms with Crippen molar-refractivity contribution in [2.45, 2.75) is 6.54 Å². The Kier molecular flexibility index (Phi) is 7.18. The number of nitrogens with zero attached hydrogens (tertiary/aromatic N) is 1. The first-order valence-corrected chi connectivity index (χ1v) is 9.57. The lowest BCUT2D eigenvalue weighted by atomic mass is 10.1. The molecule has 0 radical (unpaired) electrons. The van der Waals surface area contributed by atoms with Crippen LogP contribution in [-0.2, 0) is 11.3 Å². The van der Waals surface area contributed by atoms with E-state index in [1.165, 1.54) is 30.0 Å². The fraction of sp³-hybridized carbons (Fsp3) is 0.174. The van der Waals surface area contributed by atoms with Gasteiger partial charge in [0.25, 0.3) is 17.4 Å². The molecule has 0 aliphatic rings. The number of hydrogen-bond acceptors (Lipinski definition) is 5. The maximum absolute atomic E-state index is 12.8. The number of carbonyl (C=O) groups is 2. The molecule has 2 aromatic carbocycles. The van der Waals surface area contributed by atoms with Crippen molar-refractivity contribution in [2.24, 2.45) is 0 Å². The highest BCUT2D eigenvalue weighted by molar-refractivity contribution is 6.12. The van der Waals surface area contributed by atoms with Gasteiger partial charge in [-0.2, -0.15) is 0 Å². The van der Waals surface area contributed by atoms with Crippen molar-refractivity contribution in [3.8, 4) is 5.75 Å². The maximum Gasteiger partial charge on any atom is 0.257 e. The Labute approximate surface area is 179 Å². The number of aromatic nitrogens is 1. The summed E-state index contributed by atoms with van der Waals surface area (Å²) in [4.78, 5) is 37.5. The summed E-state index contributed by atoms with van der Waals surface area (Å²) in [7, 11) is 3.08. The molecule has 31 heavy (non-hydrogen) atoms. The molecular formula is C23H23N3O5. The quantitative estimate of drug-likeness (QED) is 0.583. The van der Waals surface area contributed by atoms with Gasteiger partial charge in [-0.25, -0.2) is 0 Å². The van der Waals surface area contributed by atoms with E-state index in [-0.39, 0.29) is 11.5 Å². The minimum atomic E-state index is -0.437. The number of anilines is 2. The molecule has 0 fully saturated rings. The normalized spacial score (nSPS) is 10.4. The van der Waals surface area contributed by atoms with E-state index in [4.69, 9.17) is 9.47 Å². The Morgan fingerprint density at radius 1 is 0.935 bits per heavy atom. The Morgan fingerprint density at radius 3 is 2.52 bits per heavy atom. The highest BCUT2D eigenvalue weighted by Crippen LogP contribution is 2.21. The number of nitrogens with one attached hydrogen (secondary N) is 2. The molecule has 0 saturated heterocycles. The van der Waals surface area contributed by atoms with E-state index < -0.39 is 5.91 Å². The van der Waals surface area contributed by atoms with Crippen LogP contribution in [0.3, 0.4) is 0 Å². The van der Waals surface area contributed by atoms with Gasteiger partial charge in [0, 0.05) is 37.7 Å². The van der Waals surface area contributed by atoms with Gasteiger partial charge in [0.15, 0.2) is 0 Å². The van der Waals surface area contributed by atoms with E-state index in [0.29, 0.717) is 41.4 Å². The van der Waals surface area contributed by atoms with Gasteiger partial charge in [-0.3, -0.25) is 14.4 Å². The van der Waals surface area contributed by atoms with Gasteiger partial charge < -0.3 is 24.7 Å². The predicted octanol–water partition coefficient (Wildman–Crippen LogP) is 3.01. The molecule has 1 heterocycles. The van der Waals surface area contributed by atoms with Gasteiger partial charge in [0.1, 0.15) is 5.75 Å². The van der Waals surface area contributed by atoms with Crippen LogP contribution in [0, 0.1) is 0 Å². The fourth-order valence-corrected chi connectivity index (χ4v) is 2.91. The molecule has 2 N–H and O–H groups in total. The topological polar surface area (TPSA) is 98.7 Å². The van der Waals surface area contributed by atoms with Crippen LogP contribution in [0.5, 0.6) is 5.75 Å². The van der Waals surface area contributed by atoms with Crippen LogP contribution in [0.2, 0.25) is 0 Å². The maximum atomic E-state index is 12.8. The lowest BCUT2D eigenvalue weighted by Crippen LogP contribution is -2.24. The minimum absolute atomic E-state index is 0.230. The molecule has 0 aliphatic carbocycles. The summed E-state index contributed by atoms with van der Waals surface area (Å²) >= 11 is 0. The summed E-state index contributed by atoms with van der Waals surface area (Å²) in [6, 6.07) is 16.4. The third-order valence-corrected chi connectivity index (χ3v) is 4.53. The first kappa shape index (κ1) is 21.8. The second kappa shape index (κ2) is 10.2. The number of ether oxygens (including phenoxy) is 2. The monoisotopic (exact) mass is 421 g/mol. The standard InChI is InChI=1S/C23H23N3O5/c1-30-13-12-26-15-16(10-11-21(26)27)22(28)25-20-9-4-3-8-19(20)23(29)24-17-6-5-7-18(14-17)31-2/h3-11,14-15H,12-13H2,1-2H3,(H,24,29)(H,25,28). The molecule has 160 valence electrons. The number of rotatable bonds is 8. The largest absolute Gasteiger partial charge is 0.497 e. The van der Waals surface area contributed by atoms with E-state index in [9.17, 15) is 14.4 Å². The second-order valence-corrected chi connectivity index (χ2v) is 6.63. The molecule has 8 nitrogen and oxygen atoms in total. The predicted molar refractivity (Wildman–Crippen MR) is 118 cm³/mol. The van der Waals surface area contributed by atoms with Crippen LogP contribution in [0.25, 0.3) is 0 Å². The molecule has 3 aromatic rings. The molecule has 0 unspecified atom stereocenters. The highest BCUT2D eigenvalue weighted by Gasteiger charge is 2.15. The fourth-order valence-electron chi connectivity index (χ4n) is 2.91. The van der Waals surface area contributed by atoms with E-state index in [1.807, 2.05) is 0 Å². The van der Waals surface area contributed by atoms with Gasteiger partial charge >= 0.3 is 0 Å². The summed E-state index contributed by atoms with van der Waals surface area (Å²) in [6.07, 6.45) is 1.47. The van der Waals surface area contributed by atoms with E-state index in [2.05, 4.69) is 10.6 Å². The van der Waals surface area contributed by atoms with Gasteiger partial charge in [0.05, 0.1) is 30.5 Å². The number of carbonyl (C=O) groups excluding carboxylic acids is 2. The molecule has 0 saturated carbocycles. The number of benzene rings is 2. The van der Waals surface area contributed by atoms with Crippen molar-refractivity contribution in [3.05, 3.63) is 88.3 Å². The lowest BCUT2D eigenvalue weighted by Gasteiger charge is -2.13. The first-order chi connectivity index (χ1) is 15.0. The number of amides is 2. The van der Waals surface area contributed by atoms with E-state index in [0.717, 1.165) is 0 Å². The summed E-state index contributed by atoms with van der Waals surface area (Å²) in [6.45, 7) is 0.675. The second-order valence-electron chi connectivity index (χ2n) is 6.63. The highest BCUT2D eigenvalue weighted by atomic mass is 16.5. The van der Waals surface area contributed by atoms with E-state index in [1.54, 1.807) is 55.6 Å². The first-order valence-electron chi connectivity index (χ1n) is 9.57. The van der Waals surface area contributed by atoms with Gasteiger partial charge in [0.2, 0.25) is 0 Å². The van der Waals surface area contributed by atoms with Crippen LogP contribution < -0.4 is 20.9 Å². The molecule has 1 aromatic heterocycles. The van der Waals surface area contributed by atoms with Crippen LogP contribution >= 0.6 is 0 Å². The van der Waals surface area contributed by atoms with Gasteiger partial charge in [-0.1, -0.05) is 18.2 Å². The van der Waals surface area contributed by atoms with Crippen molar-refractivity contribution in [2.75, 3.05) is 31.5 Å². The van der Waals surface area contributed by atoms with Crippen molar-refractivity contribution in [1.82, 2.24) is 4.57 Å². The van der Waals surface area contributed by atoms with Crippen molar-refractivity contribution < 1.29 is 19.1 Å². The molecule has 2 amide bonds. The zero-order valence-corrected chi connectivity index (χ0v) is 17.3. The molecule has 0 spiro atoms. The zero-order chi connectivity index (χ0) is 22.2. The Balaban J connectivity index is 1.79. The molecule has 8 heteroatoms. The Morgan fingerprint density at radius 2 is 1.74 bits per heavy atom. The number of methoxy groups -OCH3 is 2. The zero-order valence-electron chi connectivity index (χ0n) is 17.3. The summed E-state index contributed by atoms with van der Waals surface area (Å²) in [5, 5.41) is 5.54. The molecular weight excluding hydrogens is 398 g/mol. The van der Waals surface area contributed by atoms with Gasteiger partial charge in [-0.05, 0) is 30.3 Å². The molecule has 0 bridgehead atoms. The molecule has 0 atom stereocenters. The van der Waals surface area contributed by atoms with Crippen molar-refractivity contribution in [1.29, 1.82) is 0 Å². The smallest absolute Gasteiger partial charge is 0.257 e. The lowest BCUT2D eigenvalue weighted by molar-refractivity contribution is 0.102. The van der Waals surface area contributed by atoms with Crippen LogP contribution in [0.1, 0.15) is 20.7 Å². The van der Waals surface area contributed by atoms with Crippen LogP contribution in [0.15, 0.2) is 71.7 Å². The molecule has 3 rings (SSSR count). The van der Waals surface area contributed by atoms with Crippen LogP contribution in [0.4, 0.5) is 11.4 Å². The summed E-state index contributed by atoms with van der Waals surface area (Å²) < 4.78 is 11.6. The third-order valence-electron chi connectivity index (χ3n) is 4.53. The number of hydrogen-bond donors (Lipinski definition) is 2. The average Bonchev–Trinajstić information content (AvgIpc) is 2.79. The SMILES string of the molecule is COCCn1cc(C(=O)Nc2ccccc2C(=O)Nc2cccc(OC)c2)ccc1=O. The number of para-hydroxylation sites is 1. The van der Waals surface area contributed by atoms with E-state index >= 15 is 0 Å². The molecule has 0 aliphatic heterocycles. The average molecular weight is 421 g/mol.